The lowest BCUT2D eigenvalue weighted by atomic mass is 10.1. The summed E-state index contributed by atoms with van der Waals surface area (Å²) in [5.74, 6) is -0.474. The molecular weight excluding hydrogens is 371 g/mol. The van der Waals surface area contributed by atoms with Crippen molar-refractivity contribution in [1.29, 1.82) is 0 Å². The van der Waals surface area contributed by atoms with Gasteiger partial charge in [-0.15, -0.1) is 10.2 Å². The number of carbonyl (C=O) groups excluding carboxylic acids is 1. The molecule has 1 amide bonds. The van der Waals surface area contributed by atoms with E-state index in [1.54, 1.807) is 24.3 Å². The van der Waals surface area contributed by atoms with Gasteiger partial charge in [-0.2, -0.15) is 0 Å². The summed E-state index contributed by atoms with van der Waals surface area (Å²) in [7, 11) is 0. The molecule has 1 N–H and O–H groups in total. The molecule has 0 fully saturated rings. The number of halogens is 1. The van der Waals surface area contributed by atoms with Crippen LogP contribution in [-0.2, 0) is 4.79 Å². The van der Waals surface area contributed by atoms with E-state index in [9.17, 15) is 19.3 Å². The molecule has 0 aliphatic heterocycles. The third kappa shape index (κ3) is 5.08. The first-order valence-electron chi connectivity index (χ1n) is 7.78. The van der Waals surface area contributed by atoms with Gasteiger partial charge in [-0.3, -0.25) is 14.9 Å². The number of amides is 1. The number of hydrogen-bond donors (Lipinski definition) is 1. The molecule has 0 atom stereocenters. The SMILES string of the molecule is O=C(CSc1ccc(-c2ccc(F)cc2)nn1)Nc1ccc([N+](=O)[O-])cc1. The summed E-state index contributed by atoms with van der Waals surface area (Å²) in [6.45, 7) is 0. The van der Waals surface area contributed by atoms with Crippen molar-refractivity contribution in [3.05, 3.63) is 76.6 Å². The molecular formula is C18H13FN4O3S. The highest BCUT2D eigenvalue weighted by Gasteiger charge is 2.08. The van der Waals surface area contributed by atoms with E-state index in [2.05, 4.69) is 15.5 Å². The average Bonchev–Trinajstić information content (AvgIpc) is 2.68. The maximum Gasteiger partial charge on any atom is 0.269 e. The zero-order chi connectivity index (χ0) is 19.2. The van der Waals surface area contributed by atoms with Gasteiger partial charge in [0.05, 0.1) is 16.4 Å². The number of thioether (sulfide) groups is 1. The molecule has 0 bridgehead atoms. The Hall–Kier alpha value is -3.33. The molecule has 1 aromatic heterocycles. The van der Waals surface area contributed by atoms with Crippen LogP contribution in [0, 0.1) is 15.9 Å². The van der Waals surface area contributed by atoms with Gasteiger partial charge in [0, 0.05) is 23.4 Å². The van der Waals surface area contributed by atoms with Crippen molar-refractivity contribution in [2.75, 3.05) is 11.1 Å². The number of benzene rings is 2. The normalized spacial score (nSPS) is 10.4. The van der Waals surface area contributed by atoms with Crippen LogP contribution in [0.5, 0.6) is 0 Å². The molecule has 0 unspecified atom stereocenters. The molecule has 0 saturated carbocycles. The van der Waals surface area contributed by atoms with Crippen molar-refractivity contribution in [2.45, 2.75) is 5.03 Å². The van der Waals surface area contributed by atoms with E-state index in [1.807, 2.05) is 0 Å². The molecule has 3 rings (SSSR count). The molecule has 2 aromatic carbocycles. The van der Waals surface area contributed by atoms with Crippen molar-refractivity contribution >= 4 is 29.0 Å². The summed E-state index contributed by atoms with van der Waals surface area (Å²) in [5, 5.41) is 22.0. The molecule has 3 aromatic rings. The summed E-state index contributed by atoms with van der Waals surface area (Å²) in [4.78, 5) is 22.1. The highest BCUT2D eigenvalue weighted by atomic mass is 32.2. The molecule has 0 spiro atoms. The van der Waals surface area contributed by atoms with E-state index in [1.165, 1.54) is 48.2 Å². The predicted octanol–water partition coefficient (Wildman–Crippen LogP) is 3.92. The minimum absolute atomic E-state index is 0.0427. The quantitative estimate of drug-likeness (QED) is 0.393. The Balaban J connectivity index is 1.54. The van der Waals surface area contributed by atoms with Gasteiger partial charge in [0.15, 0.2) is 0 Å². The Morgan fingerprint density at radius 2 is 1.74 bits per heavy atom. The number of aromatic nitrogens is 2. The van der Waals surface area contributed by atoms with Gasteiger partial charge >= 0.3 is 0 Å². The van der Waals surface area contributed by atoms with Crippen molar-refractivity contribution in [1.82, 2.24) is 10.2 Å². The first-order chi connectivity index (χ1) is 13.0. The van der Waals surface area contributed by atoms with Gasteiger partial charge in [0.1, 0.15) is 10.8 Å². The summed E-state index contributed by atoms with van der Waals surface area (Å²) in [5.41, 5.74) is 1.79. The molecule has 7 nitrogen and oxygen atoms in total. The predicted molar refractivity (Wildman–Crippen MR) is 99.9 cm³/mol. The van der Waals surface area contributed by atoms with E-state index >= 15 is 0 Å². The number of anilines is 1. The minimum atomic E-state index is -0.504. The number of nitro benzene ring substituents is 1. The molecule has 0 radical (unpaired) electrons. The van der Waals surface area contributed by atoms with Crippen molar-refractivity contribution in [2.24, 2.45) is 0 Å². The van der Waals surface area contributed by atoms with Crippen LogP contribution < -0.4 is 5.32 Å². The molecule has 0 aliphatic carbocycles. The Morgan fingerprint density at radius 3 is 2.33 bits per heavy atom. The monoisotopic (exact) mass is 384 g/mol. The zero-order valence-electron chi connectivity index (χ0n) is 13.8. The van der Waals surface area contributed by atoms with Gasteiger partial charge in [0.2, 0.25) is 5.91 Å². The Bertz CT molecular complexity index is 948. The van der Waals surface area contributed by atoms with Crippen LogP contribution in [0.25, 0.3) is 11.3 Å². The standard InChI is InChI=1S/C18H13FN4O3S/c19-13-3-1-12(2-4-13)16-9-10-18(22-21-16)27-11-17(24)20-14-5-7-15(8-6-14)23(25)26/h1-10H,11H2,(H,20,24). The van der Waals surface area contributed by atoms with E-state index in [0.29, 0.717) is 16.4 Å². The molecule has 27 heavy (non-hydrogen) atoms. The lowest BCUT2D eigenvalue weighted by Gasteiger charge is -2.05. The van der Waals surface area contributed by atoms with Gasteiger partial charge in [-0.05, 0) is 48.5 Å². The number of non-ortho nitro benzene ring substituents is 1. The molecule has 1 heterocycles. The second-order valence-corrected chi connectivity index (χ2v) is 6.40. The maximum absolute atomic E-state index is 12.9. The van der Waals surface area contributed by atoms with Crippen LogP contribution in [0.4, 0.5) is 15.8 Å². The van der Waals surface area contributed by atoms with Crippen LogP contribution >= 0.6 is 11.8 Å². The molecule has 136 valence electrons. The van der Waals surface area contributed by atoms with Crippen molar-refractivity contribution in [3.63, 3.8) is 0 Å². The Kier molecular flexibility index (Phi) is 5.72. The minimum Gasteiger partial charge on any atom is -0.325 e. The zero-order valence-corrected chi connectivity index (χ0v) is 14.6. The third-order valence-electron chi connectivity index (χ3n) is 3.49. The van der Waals surface area contributed by atoms with Gasteiger partial charge in [-0.25, -0.2) is 4.39 Å². The highest BCUT2D eigenvalue weighted by Crippen LogP contribution is 2.21. The van der Waals surface area contributed by atoms with Crippen LogP contribution in [0.2, 0.25) is 0 Å². The van der Waals surface area contributed by atoms with E-state index in [4.69, 9.17) is 0 Å². The van der Waals surface area contributed by atoms with E-state index < -0.39 is 4.92 Å². The largest absolute Gasteiger partial charge is 0.325 e. The first kappa shape index (κ1) is 18.5. The van der Waals surface area contributed by atoms with Crippen LogP contribution in [0.15, 0.2) is 65.7 Å². The summed E-state index contributed by atoms with van der Waals surface area (Å²) in [6.07, 6.45) is 0. The smallest absolute Gasteiger partial charge is 0.269 e. The second kappa shape index (κ2) is 8.37. The van der Waals surface area contributed by atoms with Crippen LogP contribution in [-0.4, -0.2) is 26.8 Å². The van der Waals surface area contributed by atoms with Gasteiger partial charge < -0.3 is 5.32 Å². The number of nitrogens with zero attached hydrogens (tertiary/aromatic N) is 3. The lowest BCUT2D eigenvalue weighted by Crippen LogP contribution is -2.14. The molecule has 9 heteroatoms. The van der Waals surface area contributed by atoms with Crippen molar-refractivity contribution in [3.8, 4) is 11.3 Å². The Morgan fingerprint density at radius 1 is 1.04 bits per heavy atom. The van der Waals surface area contributed by atoms with Crippen molar-refractivity contribution < 1.29 is 14.1 Å². The molecule has 0 aliphatic rings. The molecule has 0 saturated heterocycles. The topological polar surface area (TPSA) is 98.0 Å². The summed E-state index contributed by atoms with van der Waals surface area (Å²) in [6, 6.07) is 15.0. The fraction of sp³-hybridized carbons (Fsp3) is 0.0556. The van der Waals surface area contributed by atoms with Gasteiger partial charge in [-0.1, -0.05) is 11.8 Å². The number of nitrogens with one attached hydrogen (secondary N) is 1. The second-order valence-electron chi connectivity index (χ2n) is 5.40. The van der Waals surface area contributed by atoms with Crippen LogP contribution in [0.3, 0.4) is 0 Å². The summed E-state index contributed by atoms with van der Waals surface area (Å²) < 4.78 is 12.9. The number of nitro groups is 1. The lowest BCUT2D eigenvalue weighted by molar-refractivity contribution is -0.384. The Labute approximate surface area is 157 Å². The fourth-order valence-electron chi connectivity index (χ4n) is 2.17. The third-order valence-corrected chi connectivity index (χ3v) is 4.41. The van der Waals surface area contributed by atoms with E-state index in [0.717, 1.165) is 5.56 Å². The van der Waals surface area contributed by atoms with Crippen LogP contribution in [0.1, 0.15) is 0 Å². The highest BCUT2D eigenvalue weighted by molar-refractivity contribution is 7.99. The number of hydrogen-bond acceptors (Lipinski definition) is 6. The van der Waals surface area contributed by atoms with E-state index in [-0.39, 0.29) is 23.2 Å². The summed E-state index contributed by atoms with van der Waals surface area (Å²) >= 11 is 1.21. The average molecular weight is 384 g/mol. The number of rotatable bonds is 6. The fourth-order valence-corrected chi connectivity index (χ4v) is 2.79. The maximum atomic E-state index is 12.9. The number of carbonyl (C=O) groups is 1. The first-order valence-corrected chi connectivity index (χ1v) is 8.76. The van der Waals surface area contributed by atoms with Gasteiger partial charge in [0.25, 0.3) is 5.69 Å².